The van der Waals surface area contributed by atoms with Crippen LogP contribution in [0.4, 0.5) is 30.7 Å². The molecule has 0 unspecified atom stereocenters. The first-order valence-electron chi connectivity index (χ1n) is 21.5. The number of nitrogens with one attached hydrogen (secondary N) is 5. The molecule has 4 rings (SSSR count). The third-order valence-electron chi connectivity index (χ3n) is 8.48. The molecule has 1 aromatic heterocycles. The van der Waals surface area contributed by atoms with E-state index in [1.165, 1.54) is 30.5 Å². The molecule has 0 saturated heterocycles. The molecular formula is C47H62N10O10. The molecule has 0 radical (unpaired) electrons. The highest BCUT2D eigenvalue weighted by Gasteiger charge is 2.26. The Kier molecular flexibility index (Phi) is 17.0. The molecular weight excluding hydrogens is 865 g/mol. The number of aryl methyl sites for hydroxylation is 1. The van der Waals surface area contributed by atoms with Crippen LogP contribution < -0.4 is 26.6 Å². The number of carbonyl (C=O) groups is 6. The predicted molar refractivity (Wildman–Crippen MR) is 253 cm³/mol. The molecule has 6 amide bonds. The van der Waals surface area contributed by atoms with Crippen LogP contribution in [-0.4, -0.2) is 98.5 Å². The first kappa shape index (κ1) is 52.2. The van der Waals surface area contributed by atoms with Crippen LogP contribution in [0, 0.1) is 6.92 Å². The van der Waals surface area contributed by atoms with E-state index >= 15 is 0 Å². The van der Waals surface area contributed by atoms with Crippen LogP contribution in [0.15, 0.2) is 70.8 Å². The summed E-state index contributed by atoms with van der Waals surface area (Å²) in [5.74, 6) is -0.824. The fourth-order valence-electron chi connectivity index (χ4n) is 5.82. The molecule has 1 aliphatic heterocycles. The summed E-state index contributed by atoms with van der Waals surface area (Å²) >= 11 is 0. The smallest absolute Gasteiger partial charge is 0.437 e. The minimum atomic E-state index is -0.862. The van der Waals surface area contributed by atoms with Crippen molar-refractivity contribution in [2.75, 3.05) is 23.7 Å². The van der Waals surface area contributed by atoms with E-state index < -0.39 is 58.6 Å². The van der Waals surface area contributed by atoms with E-state index in [0.29, 0.717) is 41.2 Å². The summed E-state index contributed by atoms with van der Waals surface area (Å²) in [7, 11) is 0. The number of nitrogens with zero attached hydrogens (tertiary/aromatic N) is 5. The number of benzene rings is 2. The molecule has 5 N–H and O–H groups in total. The Labute approximate surface area is 390 Å². The largest absolute Gasteiger partial charge is 0.444 e. The van der Waals surface area contributed by atoms with Gasteiger partial charge in [0.15, 0.2) is 5.82 Å². The monoisotopic (exact) mass is 926 g/mol. The van der Waals surface area contributed by atoms with Crippen molar-refractivity contribution in [2.45, 2.75) is 125 Å². The van der Waals surface area contributed by atoms with Crippen LogP contribution in [0.25, 0.3) is 5.57 Å². The molecule has 20 nitrogen and oxygen atoms in total. The van der Waals surface area contributed by atoms with Crippen LogP contribution >= 0.6 is 0 Å². The maximum Gasteiger partial charge on any atom is 0.437 e. The van der Waals surface area contributed by atoms with Gasteiger partial charge in [0.1, 0.15) is 22.4 Å². The maximum absolute atomic E-state index is 13.2. The minimum absolute atomic E-state index is 0.0116. The third kappa shape index (κ3) is 18.6. The van der Waals surface area contributed by atoms with Crippen LogP contribution in [0.3, 0.4) is 0 Å². The number of alkyl carbamates (subject to hydrolysis) is 3. The number of ether oxygens (including phenoxy) is 4. The molecule has 0 fully saturated rings. The molecule has 360 valence electrons. The molecule has 3 aromatic rings. The van der Waals surface area contributed by atoms with Crippen molar-refractivity contribution in [1.82, 2.24) is 30.8 Å². The minimum Gasteiger partial charge on any atom is -0.444 e. The molecule has 0 saturated carbocycles. The summed E-state index contributed by atoms with van der Waals surface area (Å²) in [5, 5.41) is 13.0. The number of rotatable bonds is 7. The van der Waals surface area contributed by atoms with Gasteiger partial charge in [-0.2, -0.15) is 0 Å². The van der Waals surface area contributed by atoms with Gasteiger partial charge in [0.25, 0.3) is 11.8 Å². The zero-order valence-corrected chi connectivity index (χ0v) is 40.4. The molecule has 2 heterocycles. The van der Waals surface area contributed by atoms with Gasteiger partial charge in [-0.05, 0) is 144 Å². The summed E-state index contributed by atoms with van der Waals surface area (Å²) in [6, 6.07) is 12.9. The normalized spacial score (nSPS) is 13.2. The van der Waals surface area contributed by atoms with Gasteiger partial charge in [0.05, 0.1) is 24.1 Å². The van der Waals surface area contributed by atoms with Crippen LogP contribution in [0.1, 0.15) is 127 Å². The maximum atomic E-state index is 13.2. The highest BCUT2D eigenvalue weighted by Crippen LogP contribution is 2.24. The van der Waals surface area contributed by atoms with Crippen molar-refractivity contribution in [3.05, 3.63) is 88.9 Å². The average Bonchev–Trinajstić information content (AvgIpc) is 3.17. The second kappa shape index (κ2) is 21.7. The van der Waals surface area contributed by atoms with Gasteiger partial charge in [-0.25, -0.2) is 29.2 Å². The highest BCUT2D eigenvalue weighted by atomic mass is 16.6. The number of hydrogen-bond donors (Lipinski definition) is 5. The Balaban J connectivity index is 1.35. The van der Waals surface area contributed by atoms with E-state index in [9.17, 15) is 28.8 Å². The van der Waals surface area contributed by atoms with E-state index in [4.69, 9.17) is 18.9 Å². The van der Waals surface area contributed by atoms with Crippen molar-refractivity contribution in [3.8, 4) is 0 Å². The van der Waals surface area contributed by atoms with Crippen LogP contribution in [-0.2, 0) is 25.5 Å². The average molecular weight is 927 g/mol. The molecule has 0 bridgehead atoms. The zero-order valence-electron chi connectivity index (χ0n) is 40.4. The van der Waals surface area contributed by atoms with Crippen molar-refractivity contribution >= 4 is 65.2 Å². The van der Waals surface area contributed by atoms with Gasteiger partial charge in [-0.15, -0.1) is 4.99 Å². The first-order valence-corrected chi connectivity index (χ1v) is 21.5. The predicted octanol–water partition coefficient (Wildman–Crippen LogP) is 8.10. The first-order chi connectivity index (χ1) is 31.0. The zero-order chi connectivity index (χ0) is 49.9. The van der Waals surface area contributed by atoms with Crippen molar-refractivity contribution in [1.29, 1.82) is 0 Å². The summed E-state index contributed by atoms with van der Waals surface area (Å²) in [6.45, 7) is 23.0. The second-order valence-electron chi connectivity index (χ2n) is 19.3. The number of aliphatic imine (C=N–C) groups is 2. The van der Waals surface area contributed by atoms with Crippen LogP contribution in [0.5, 0.6) is 0 Å². The van der Waals surface area contributed by atoms with E-state index in [2.05, 4.69) is 46.5 Å². The van der Waals surface area contributed by atoms with Crippen molar-refractivity contribution < 1.29 is 47.7 Å². The second-order valence-corrected chi connectivity index (χ2v) is 19.3. The number of carbonyl (C=O) groups excluding carboxylic acids is 6. The molecule has 0 atom stereocenters. The lowest BCUT2D eigenvalue weighted by molar-refractivity contribution is 0.0528. The number of anilines is 2. The summed E-state index contributed by atoms with van der Waals surface area (Å²) < 4.78 is 21.3. The fraction of sp³-hybridized carbons (Fsp3) is 0.447. The Morgan fingerprint density at radius 2 is 1.15 bits per heavy atom. The molecule has 0 spiro atoms. The van der Waals surface area contributed by atoms with E-state index in [0.717, 1.165) is 5.57 Å². The summed E-state index contributed by atoms with van der Waals surface area (Å²) in [5.41, 5.74) is 0.704. The Hall–Kier alpha value is -7.38. The molecule has 2 aromatic carbocycles. The quantitative estimate of drug-likeness (QED) is 0.0854. The van der Waals surface area contributed by atoms with Gasteiger partial charge in [-0.1, -0.05) is 18.2 Å². The lowest BCUT2D eigenvalue weighted by Gasteiger charge is -2.30. The Morgan fingerprint density at radius 1 is 0.657 bits per heavy atom. The third-order valence-corrected chi connectivity index (χ3v) is 8.48. The summed E-state index contributed by atoms with van der Waals surface area (Å²) in [6.07, 6.45) is 0.559. The van der Waals surface area contributed by atoms with Gasteiger partial charge < -0.3 is 34.5 Å². The van der Waals surface area contributed by atoms with Gasteiger partial charge in [-0.3, -0.25) is 30.5 Å². The summed E-state index contributed by atoms with van der Waals surface area (Å²) in [4.78, 5) is 95.5. The van der Waals surface area contributed by atoms with E-state index in [1.54, 1.807) is 119 Å². The number of aromatic nitrogens is 2. The fourth-order valence-corrected chi connectivity index (χ4v) is 5.82. The van der Waals surface area contributed by atoms with Gasteiger partial charge >= 0.3 is 24.4 Å². The standard InChI is InChI=1S/C47H62N10O10/c1-28-35(30-22-24-57(25-23-30)39(55-42(62)66-46(8,9)10)56-43(63)67-47(11,12)13)48-27-34(50-28)52-37(59)32-18-16-31(17-19-32)36(58)51-33-20-14-29(15-21-33)26-49-38(53-40(60)64-44(2,3)4)54-41(61)65-45(5,6)7/h14-22,27H,23-26H2,1-13H3,(H,51,58)(H,50,52,59)(H,55,56,62,63)(H2,49,53,54,60,61). The van der Waals surface area contributed by atoms with Crippen molar-refractivity contribution in [2.24, 2.45) is 9.98 Å². The number of guanidine groups is 2. The van der Waals surface area contributed by atoms with Crippen LogP contribution in [0.2, 0.25) is 0 Å². The Bertz CT molecular complexity index is 2370. The molecule has 1 aliphatic rings. The number of hydrogen-bond acceptors (Lipinski definition) is 13. The van der Waals surface area contributed by atoms with Gasteiger partial charge in [0.2, 0.25) is 11.9 Å². The molecule has 20 heteroatoms. The Morgan fingerprint density at radius 3 is 1.61 bits per heavy atom. The van der Waals surface area contributed by atoms with Gasteiger partial charge in [0, 0.05) is 29.9 Å². The lowest BCUT2D eigenvalue weighted by Crippen LogP contribution is -2.48. The SMILES string of the molecule is Cc1nc(NC(=O)c2ccc(C(=O)Nc3ccc(CN=C(NC(=O)OC(C)(C)C)NC(=O)OC(C)(C)C)cc3)cc2)cnc1C1=CCN(C(=NC(=O)OC(C)(C)C)NC(=O)OC(C)(C)C)CC1. The molecule has 0 aliphatic carbocycles. The lowest BCUT2D eigenvalue weighted by atomic mass is 10.0. The number of amides is 6. The topological polar surface area (TPSA) is 253 Å². The molecule has 67 heavy (non-hydrogen) atoms. The van der Waals surface area contributed by atoms with E-state index in [-0.39, 0.29) is 36.4 Å². The highest BCUT2D eigenvalue weighted by molar-refractivity contribution is 6.07. The van der Waals surface area contributed by atoms with Crippen molar-refractivity contribution in [3.63, 3.8) is 0 Å². The van der Waals surface area contributed by atoms with E-state index in [1.807, 2.05) is 6.08 Å².